The topological polar surface area (TPSA) is 27.0 Å². The molecule has 0 amide bonds. The summed E-state index contributed by atoms with van der Waals surface area (Å²) >= 11 is 4.39. The predicted octanol–water partition coefficient (Wildman–Crippen LogP) is 3.34. The van der Waals surface area contributed by atoms with Crippen molar-refractivity contribution in [1.82, 2.24) is 0 Å². The first-order chi connectivity index (χ1) is 8.22. The predicted molar refractivity (Wildman–Crippen MR) is 76.7 cm³/mol. The fraction of sp³-hybridized carbons (Fsp3) is 0.500. The van der Waals surface area contributed by atoms with Gasteiger partial charge in [-0.15, -0.1) is 0 Å². The minimum Gasteiger partial charge on any atom is -0.373 e. The van der Waals surface area contributed by atoms with E-state index in [1.807, 2.05) is 31.3 Å². The quantitative estimate of drug-likeness (QED) is 0.782. The second-order valence-corrected chi connectivity index (χ2v) is 4.71. The Hall–Kier alpha value is -1.14. The number of hydrogen-bond acceptors (Lipinski definition) is 3. The van der Waals surface area contributed by atoms with Crippen LogP contribution in [0.4, 0.5) is 5.69 Å². The van der Waals surface area contributed by atoms with Crippen molar-refractivity contribution < 1.29 is 0 Å². The van der Waals surface area contributed by atoms with E-state index in [1.165, 1.54) is 12.8 Å². The van der Waals surface area contributed by atoms with Crippen LogP contribution >= 0.6 is 12.6 Å². The number of benzene rings is 1. The molecular formula is C14H20N2S. The third kappa shape index (κ3) is 3.98. The fourth-order valence-corrected chi connectivity index (χ4v) is 2.33. The number of hydrogen-bond donors (Lipinski definition) is 1. The van der Waals surface area contributed by atoms with Gasteiger partial charge in [0.15, 0.2) is 0 Å². The molecule has 2 nitrogen and oxygen atoms in total. The molecule has 3 heteroatoms. The molecule has 0 aliphatic carbocycles. The summed E-state index contributed by atoms with van der Waals surface area (Å²) in [4.78, 5) is 2.16. The van der Waals surface area contributed by atoms with E-state index < -0.39 is 0 Å². The Morgan fingerprint density at radius 2 is 2.12 bits per heavy atom. The van der Waals surface area contributed by atoms with E-state index in [4.69, 9.17) is 5.26 Å². The van der Waals surface area contributed by atoms with Gasteiger partial charge in [-0.1, -0.05) is 25.5 Å². The minimum absolute atomic E-state index is 0.583. The average molecular weight is 248 g/mol. The monoisotopic (exact) mass is 248 g/mol. The highest BCUT2D eigenvalue weighted by Gasteiger charge is 2.12. The third-order valence-corrected chi connectivity index (χ3v) is 3.44. The molecule has 0 aliphatic rings. The van der Waals surface area contributed by atoms with E-state index in [1.54, 1.807) is 0 Å². The molecule has 0 N–H and O–H groups in total. The molecule has 1 atom stereocenters. The van der Waals surface area contributed by atoms with Crippen molar-refractivity contribution in [1.29, 1.82) is 5.26 Å². The van der Waals surface area contributed by atoms with Crippen LogP contribution in [-0.4, -0.2) is 19.3 Å². The third-order valence-electron chi connectivity index (χ3n) is 2.92. The normalized spacial score (nSPS) is 11.9. The molecule has 0 bridgehead atoms. The van der Waals surface area contributed by atoms with Crippen LogP contribution in [0.25, 0.3) is 0 Å². The standard InChI is InChI=1S/C14H20N2S/c1-3-6-12(11-17)10-16(2)14-8-5-4-7-13(14)9-15/h4-5,7-8,12,17H,3,6,10-11H2,1-2H3. The zero-order chi connectivity index (χ0) is 12.7. The van der Waals surface area contributed by atoms with Crippen molar-refractivity contribution in [2.75, 3.05) is 24.2 Å². The maximum atomic E-state index is 9.07. The second-order valence-electron chi connectivity index (χ2n) is 4.35. The average Bonchev–Trinajstić information content (AvgIpc) is 2.38. The highest BCUT2D eigenvalue weighted by molar-refractivity contribution is 7.80. The Bertz CT molecular complexity index is 384. The number of nitrogens with zero attached hydrogens (tertiary/aromatic N) is 2. The lowest BCUT2D eigenvalue weighted by Crippen LogP contribution is -2.27. The lowest BCUT2D eigenvalue weighted by Gasteiger charge is -2.25. The highest BCUT2D eigenvalue weighted by atomic mass is 32.1. The number of anilines is 1. The SMILES string of the molecule is CCCC(CS)CN(C)c1ccccc1C#N. The molecule has 17 heavy (non-hydrogen) atoms. The maximum absolute atomic E-state index is 9.07. The van der Waals surface area contributed by atoms with E-state index in [0.29, 0.717) is 5.92 Å². The molecule has 1 unspecified atom stereocenters. The van der Waals surface area contributed by atoms with Crippen LogP contribution in [0.15, 0.2) is 24.3 Å². The first-order valence-corrected chi connectivity index (χ1v) is 6.67. The summed E-state index contributed by atoms with van der Waals surface area (Å²) in [6.07, 6.45) is 2.36. The zero-order valence-corrected chi connectivity index (χ0v) is 11.5. The van der Waals surface area contributed by atoms with Gasteiger partial charge in [0, 0.05) is 13.6 Å². The van der Waals surface area contributed by atoms with Crippen molar-refractivity contribution in [2.24, 2.45) is 5.92 Å². The summed E-state index contributed by atoms with van der Waals surface area (Å²) in [5.74, 6) is 1.48. The van der Waals surface area contributed by atoms with Crippen LogP contribution in [0, 0.1) is 17.2 Å². The van der Waals surface area contributed by atoms with Gasteiger partial charge in [-0.05, 0) is 30.2 Å². The Balaban J connectivity index is 2.75. The van der Waals surface area contributed by atoms with Gasteiger partial charge >= 0.3 is 0 Å². The minimum atomic E-state index is 0.583. The molecule has 0 heterocycles. The molecule has 92 valence electrons. The molecule has 0 fully saturated rings. The van der Waals surface area contributed by atoms with Gasteiger partial charge in [-0.2, -0.15) is 17.9 Å². The summed E-state index contributed by atoms with van der Waals surface area (Å²) in [6.45, 7) is 3.15. The van der Waals surface area contributed by atoms with Crippen LogP contribution in [0.3, 0.4) is 0 Å². The van der Waals surface area contributed by atoms with Crippen LogP contribution in [0.2, 0.25) is 0 Å². The van der Waals surface area contributed by atoms with Crippen LogP contribution in [0.1, 0.15) is 25.3 Å². The second kappa shape index (κ2) is 7.24. The van der Waals surface area contributed by atoms with Crippen molar-refractivity contribution in [3.8, 4) is 6.07 Å². The van der Waals surface area contributed by atoms with E-state index in [9.17, 15) is 0 Å². The van der Waals surface area contributed by atoms with Crippen LogP contribution < -0.4 is 4.90 Å². The van der Waals surface area contributed by atoms with Crippen molar-refractivity contribution >= 4 is 18.3 Å². The Kier molecular flexibility index (Phi) is 5.93. The fourth-order valence-electron chi connectivity index (χ4n) is 2.04. The van der Waals surface area contributed by atoms with Gasteiger partial charge in [0.1, 0.15) is 6.07 Å². The summed E-state index contributed by atoms with van der Waals surface area (Å²) in [5.41, 5.74) is 1.75. The van der Waals surface area contributed by atoms with Crippen LogP contribution in [0.5, 0.6) is 0 Å². The van der Waals surface area contributed by atoms with Gasteiger partial charge in [-0.3, -0.25) is 0 Å². The van der Waals surface area contributed by atoms with Gasteiger partial charge in [-0.25, -0.2) is 0 Å². The molecule has 0 saturated carbocycles. The van der Waals surface area contributed by atoms with Gasteiger partial charge in [0.25, 0.3) is 0 Å². The number of rotatable bonds is 6. The highest BCUT2D eigenvalue weighted by Crippen LogP contribution is 2.20. The number of nitriles is 1. The number of thiol groups is 1. The molecule has 1 rings (SSSR count). The Labute approximate surface area is 110 Å². The van der Waals surface area contributed by atoms with Gasteiger partial charge in [0.05, 0.1) is 11.3 Å². The van der Waals surface area contributed by atoms with Gasteiger partial charge < -0.3 is 4.90 Å². The molecule has 1 aromatic carbocycles. The largest absolute Gasteiger partial charge is 0.373 e. The van der Waals surface area contributed by atoms with Gasteiger partial charge in [0.2, 0.25) is 0 Å². The Morgan fingerprint density at radius 1 is 1.41 bits per heavy atom. The first kappa shape index (κ1) is 13.9. The molecule has 1 aromatic rings. The molecular weight excluding hydrogens is 228 g/mol. The summed E-state index contributed by atoms with van der Waals surface area (Å²) in [7, 11) is 2.04. The van der Waals surface area contributed by atoms with Crippen molar-refractivity contribution in [3.05, 3.63) is 29.8 Å². The molecule has 0 aliphatic heterocycles. The molecule has 0 spiro atoms. The summed E-state index contributed by atoms with van der Waals surface area (Å²) in [6, 6.07) is 9.98. The van der Waals surface area contributed by atoms with E-state index >= 15 is 0 Å². The first-order valence-electron chi connectivity index (χ1n) is 6.04. The maximum Gasteiger partial charge on any atom is 0.101 e. The van der Waals surface area contributed by atoms with E-state index in [0.717, 1.165) is 23.5 Å². The zero-order valence-electron chi connectivity index (χ0n) is 10.6. The Morgan fingerprint density at radius 3 is 2.71 bits per heavy atom. The summed E-state index contributed by atoms with van der Waals surface area (Å²) in [5, 5.41) is 9.07. The smallest absolute Gasteiger partial charge is 0.101 e. The van der Waals surface area contributed by atoms with Crippen molar-refractivity contribution in [2.45, 2.75) is 19.8 Å². The molecule has 0 radical (unpaired) electrons. The number of para-hydroxylation sites is 1. The summed E-state index contributed by atoms with van der Waals surface area (Å²) < 4.78 is 0. The lowest BCUT2D eigenvalue weighted by molar-refractivity contribution is 0.533. The van der Waals surface area contributed by atoms with Crippen molar-refractivity contribution in [3.63, 3.8) is 0 Å². The lowest BCUT2D eigenvalue weighted by atomic mass is 10.0. The van der Waals surface area contributed by atoms with Crippen LogP contribution in [-0.2, 0) is 0 Å². The van der Waals surface area contributed by atoms with E-state index in [2.05, 4.69) is 30.5 Å². The molecule has 0 aromatic heterocycles. The van der Waals surface area contributed by atoms with E-state index in [-0.39, 0.29) is 0 Å². The molecule has 0 saturated heterocycles.